The molecule has 0 fully saturated rings. The van der Waals surface area contributed by atoms with Crippen LogP contribution in [-0.2, 0) is 0 Å². The van der Waals surface area contributed by atoms with E-state index in [0.717, 1.165) is 16.8 Å². The Hall–Kier alpha value is -2.46. The number of pyridine rings is 1. The van der Waals surface area contributed by atoms with Gasteiger partial charge in [0.25, 0.3) is 0 Å². The Balaban J connectivity index is 2.40. The first-order chi connectivity index (χ1) is 9.72. The molecule has 0 bridgehead atoms. The number of para-hydroxylation sites is 1. The third-order valence-corrected chi connectivity index (χ3v) is 3.40. The molecule has 0 unspecified atom stereocenters. The van der Waals surface area contributed by atoms with Crippen molar-refractivity contribution in [3.8, 4) is 11.3 Å². The standard InChI is InChI=1S/C16H14FN3/c1-10-14(11-6-3-2-4-7-11)19-16-12(15(10)20-18)8-5-9-13(16)17/h2-9H,18H2,1H3,(H,19,20). The van der Waals surface area contributed by atoms with Crippen molar-refractivity contribution in [3.05, 3.63) is 59.9 Å². The number of hydrogen-bond acceptors (Lipinski definition) is 3. The quantitative estimate of drug-likeness (QED) is 0.550. The maximum atomic E-state index is 14.0. The molecule has 3 nitrogen and oxygen atoms in total. The number of fused-ring (bicyclic) bond motifs is 1. The van der Waals surface area contributed by atoms with Gasteiger partial charge in [0.15, 0.2) is 0 Å². The highest BCUT2D eigenvalue weighted by molar-refractivity contribution is 5.96. The highest BCUT2D eigenvalue weighted by Crippen LogP contribution is 2.33. The van der Waals surface area contributed by atoms with Gasteiger partial charge in [-0.05, 0) is 13.0 Å². The monoisotopic (exact) mass is 267 g/mol. The number of anilines is 1. The van der Waals surface area contributed by atoms with Crippen LogP contribution in [0.25, 0.3) is 22.2 Å². The van der Waals surface area contributed by atoms with E-state index < -0.39 is 0 Å². The molecular formula is C16H14FN3. The number of aromatic nitrogens is 1. The molecule has 0 aliphatic rings. The largest absolute Gasteiger partial charge is 0.323 e. The number of hydrogen-bond donors (Lipinski definition) is 2. The van der Waals surface area contributed by atoms with Crippen molar-refractivity contribution < 1.29 is 4.39 Å². The molecule has 100 valence electrons. The highest BCUT2D eigenvalue weighted by Gasteiger charge is 2.14. The van der Waals surface area contributed by atoms with E-state index in [2.05, 4.69) is 10.4 Å². The lowest BCUT2D eigenvalue weighted by Gasteiger charge is -2.14. The number of nitrogens with two attached hydrogens (primary N) is 1. The van der Waals surface area contributed by atoms with Gasteiger partial charge in [-0.15, -0.1) is 0 Å². The fraction of sp³-hybridized carbons (Fsp3) is 0.0625. The van der Waals surface area contributed by atoms with Crippen LogP contribution in [0.15, 0.2) is 48.5 Å². The molecule has 20 heavy (non-hydrogen) atoms. The summed E-state index contributed by atoms with van der Waals surface area (Å²) in [7, 11) is 0. The van der Waals surface area contributed by atoms with E-state index in [1.54, 1.807) is 6.07 Å². The number of nitrogens with zero attached hydrogens (tertiary/aromatic N) is 1. The van der Waals surface area contributed by atoms with Gasteiger partial charge in [0.05, 0.1) is 11.4 Å². The predicted molar refractivity (Wildman–Crippen MR) is 79.7 cm³/mol. The lowest BCUT2D eigenvalue weighted by atomic mass is 10.0. The van der Waals surface area contributed by atoms with Crippen LogP contribution in [0.4, 0.5) is 10.1 Å². The minimum absolute atomic E-state index is 0.324. The van der Waals surface area contributed by atoms with E-state index in [4.69, 9.17) is 5.84 Å². The normalized spacial score (nSPS) is 10.8. The Morgan fingerprint density at radius 3 is 2.50 bits per heavy atom. The SMILES string of the molecule is Cc1c(-c2ccccc2)nc2c(F)cccc2c1NN. The number of benzene rings is 2. The molecule has 1 aromatic heterocycles. The van der Waals surface area contributed by atoms with Crippen molar-refractivity contribution in [2.45, 2.75) is 6.92 Å². The van der Waals surface area contributed by atoms with Crippen LogP contribution in [0.2, 0.25) is 0 Å². The van der Waals surface area contributed by atoms with Crippen molar-refractivity contribution in [2.24, 2.45) is 5.84 Å². The number of nitrogens with one attached hydrogen (secondary N) is 1. The van der Waals surface area contributed by atoms with Crippen LogP contribution < -0.4 is 11.3 Å². The van der Waals surface area contributed by atoms with Crippen molar-refractivity contribution >= 4 is 16.6 Å². The van der Waals surface area contributed by atoms with Crippen molar-refractivity contribution in [1.82, 2.24) is 4.98 Å². The summed E-state index contributed by atoms with van der Waals surface area (Å²) in [4.78, 5) is 4.48. The Bertz CT molecular complexity index is 770. The van der Waals surface area contributed by atoms with E-state index in [1.165, 1.54) is 6.07 Å². The van der Waals surface area contributed by atoms with Gasteiger partial charge in [-0.3, -0.25) is 5.84 Å². The van der Waals surface area contributed by atoms with Crippen molar-refractivity contribution in [1.29, 1.82) is 0 Å². The van der Waals surface area contributed by atoms with E-state index in [0.29, 0.717) is 16.6 Å². The Kier molecular flexibility index (Phi) is 3.08. The van der Waals surface area contributed by atoms with E-state index in [-0.39, 0.29) is 5.82 Å². The Labute approximate surface area is 116 Å². The molecule has 0 amide bonds. The molecule has 3 rings (SSSR count). The molecule has 0 spiro atoms. The zero-order valence-electron chi connectivity index (χ0n) is 11.0. The second kappa shape index (κ2) is 4.90. The highest BCUT2D eigenvalue weighted by atomic mass is 19.1. The fourth-order valence-electron chi connectivity index (χ4n) is 2.41. The summed E-state index contributed by atoms with van der Waals surface area (Å²) in [5.41, 5.74) is 6.26. The van der Waals surface area contributed by atoms with E-state index in [1.807, 2.05) is 43.3 Å². The zero-order valence-corrected chi connectivity index (χ0v) is 11.0. The van der Waals surface area contributed by atoms with Crippen LogP contribution in [0, 0.1) is 12.7 Å². The molecule has 0 saturated carbocycles. The first kappa shape index (κ1) is 12.6. The summed E-state index contributed by atoms with van der Waals surface area (Å²) in [6.07, 6.45) is 0. The molecular weight excluding hydrogens is 253 g/mol. The minimum atomic E-state index is -0.351. The number of hydrazine groups is 1. The average molecular weight is 267 g/mol. The number of halogens is 1. The molecule has 4 heteroatoms. The van der Waals surface area contributed by atoms with E-state index in [9.17, 15) is 4.39 Å². The average Bonchev–Trinajstić information content (AvgIpc) is 2.48. The molecule has 3 N–H and O–H groups in total. The Morgan fingerprint density at radius 1 is 1.05 bits per heavy atom. The van der Waals surface area contributed by atoms with Gasteiger partial charge in [0.1, 0.15) is 11.3 Å². The van der Waals surface area contributed by atoms with Crippen LogP contribution in [0.3, 0.4) is 0 Å². The first-order valence-electron chi connectivity index (χ1n) is 6.33. The lowest BCUT2D eigenvalue weighted by molar-refractivity contribution is 0.637. The minimum Gasteiger partial charge on any atom is -0.323 e. The third-order valence-electron chi connectivity index (χ3n) is 3.40. The van der Waals surface area contributed by atoms with Gasteiger partial charge in [-0.2, -0.15) is 0 Å². The number of nitrogen functional groups attached to an aromatic ring is 1. The molecule has 0 aliphatic carbocycles. The molecule has 0 radical (unpaired) electrons. The smallest absolute Gasteiger partial charge is 0.149 e. The Morgan fingerprint density at radius 2 is 1.80 bits per heavy atom. The van der Waals surface area contributed by atoms with Crippen LogP contribution in [0.5, 0.6) is 0 Å². The second-order valence-corrected chi connectivity index (χ2v) is 4.61. The van der Waals surface area contributed by atoms with Gasteiger partial charge in [-0.1, -0.05) is 42.5 Å². The number of rotatable bonds is 2. The zero-order chi connectivity index (χ0) is 14.1. The summed E-state index contributed by atoms with van der Waals surface area (Å²) in [5.74, 6) is 5.26. The molecule has 0 aliphatic heterocycles. The molecule has 3 aromatic rings. The maximum Gasteiger partial charge on any atom is 0.149 e. The summed E-state index contributed by atoms with van der Waals surface area (Å²) in [6.45, 7) is 1.93. The van der Waals surface area contributed by atoms with Crippen LogP contribution >= 0.6 is 0 Å². The van der Waals surface area contributed by atoms with Crippen molar-refractivity contribution in [3.63, 3.8) is 0 Å². The summed E-state index contributed by atoms with van der Waals surface area (Å²) in [6, 6.07) is 14.5. The van der Waals surface area contributed by atoms with Gasteiger partial charge < -0.3 is 5.43 Å². The van der Waals surface area contributed by atoms with Gasteiger partial charge in [0.2, 0.25) is 0 Å². The van der Waals surface area contributed by atoms with Gasteiger partial charge in [0, 0.05) is 16.5 Å². The van der Waals surface area contributed by atoms with Gasteiger partial charge >= 0.3 is 0 Å². The van der Waals surface area contributed by atoms with Gasteiger partial charge in [-0.25, -0.2) is 9.37 Å². The van der Waals surface area contributed by atoms with Crippen LogP contribution in [0.1, 0.15) is 5.56 Å². The lowest BCUT2D eigenvalue weighted by Crippen LogP contribution is -2.10. The summed E-state index contributed by atoms with van der Waals surface area (Å²) >= 11 is 0. The third kappa shape index (κ3) is 1.90. The topological polar surface area (TPSA) is 50.9 Å². The summed E-state index contributed by atoms with van der Waals surface area (Å²) in [5, 5.41) is 0.685. The first-order valence-corrected chi connectivity index (χ1v) is 6.33. The fourth-order valence-corrected chi connectivity index (χ4v) is 2.41. The molecule has 0 saturated heterocycles. The summed E-state index contributed by atoms with van der Waals surface area (Å²) < 4.78 is 14.0. The molecule has 1 heterocycles. The second-order valence-electron chi connectivity index (χ2n) is 4.61. The van der Waals surface area contributed by atoms with Crippen molar-refractivity contribution in [2.75, 3.05) is 5.43 Å². The molecule has 2 aromatic carbocycles. The molecule has 0 atom stereocenters. The van der Waals surface area contributed by atoms with E-state index >= 15 is 0 Å². The maximum absolute atomic E-state index is 14.0. The van der Waals surface area contributed by atoms with Crippen LogP contribution in [-0.4, -0.2) is 4.98 Å². The predicted octanol–water partition coefficient (Wildman–Crippen LogP) is 3.63.